The van der Waals surface area contributed by atoms with E-state index in [4.69, 9.17) is 0 Å². The fraction of sp³-hybridized carbons (Fsp3) is 0.269. The van der Waals surface area contributed by atoms with Gasteiger partial charge in [0, 0.05) is 25.4 Å². The second-order valence-corrected chi connectivity index (χ2v) is 8.62. The van der Waals surface area contributed by atoms with Crippen LogP contribution in [0.5, 0.6) is 0 Å². The van der Waals surface area contributed by atoms with E-state index in [1.807, 2.05) is 6.92 Å². The molecule has 0 unspecified atom stereocenters. The topological polar surface area (TPSA) is 73.8 Å². The van der Waals surface area contributed by atoms with E-state index in [-0.39, 0.29) is 22.7 Å². The van der Waals surface area contributed by atoms with E-state index in [0.717, 1.165) is 6.07 Å². The van der Waals surface area contributed by atoms with E-state index < -0.39 is 41.5 Å². The summed E-state index contributed by atoms with van der Waals surface area (Å²) >= 11 is 0. The number of amidine groups is 1. The van der Waals surface area contributed by atoms with Crippen LogP contribution in [-0.4, -0.2) is 42.2 Å². The van der Waals surface area contributed by atoms with Crippen molar-refractivity contribution in [1.82, 2.24) is 15.5 Å². The first-order chi connectivity index (χ1) is 17.1. The molecule has 2 aromatic rings. The van der Waals surface area contributed by atoms with Gasteiger partial charge in [-0.2, -0.15) is 0 Å². The highest BCUT2D eigenvalue weighted by Gasteiger charge is 2.32. The number of benzene rings is 2. The molecule has 2 aromatic carbocycles. The summed E-state index contributed by atoms with van der Waals surface area (Å²) in [4.78, 5) is 31.7. The molecule has 2 N–H and O–H groups in total. The summed E-state index contributed by atoms with van der Waals surface area (Å²) in [5.74, 6) is -2.52. The fourth-order valence-corrected chi connectivity index (χ4v) is 4.22. The minimum atomic E-state index is -2.99. The fourth-order valence-electron chi connectivity index (χ4n) is 4.22. The summed E-state index contributed by atoms with van der Waals surface area (Å²) in [6.45, 7) is 3.87. The smallest absolute Gasteiger partial charge is 0.266 e. The Balaban J connectivity index is 1.68. The number of nitrogens with zero attached hydrogens (tertiary/aromatic N) is 2. The van der Waals surface area contributed by atoms with Crippen molar-refractivity contribution in [3.05, 3.63) is 88.1 Å². The highest BCUT2D eigenvalue weighted by atomic mass is 19.3. The lowest BCUT2D eigenvalue weighted by Gasteiger charge is -2.25. The molecular formula is C26H24F4N4O2. The summed E-state index contributed by atoms with van der Waals surface area (Å²) in [5, 5.41) is 5.06. The summed E-state index contributed by atoms with van der Waals surface area (Å²) in [7, 11) is 1.39. The number of rotatable bonds is 6. The third kappa shape index (κ3) is 4.75. The minimum absolute atomic E-state index is 0.0688. The van der Waals surface area contributed by atoms with Crippen LogP contribution < -0.4 is 10.6 Å². The van der Waals surface area contributed by atoms with Gasteiger partial charge in [-0.3, -0.25) is 14.6 Å². The van der Waals surface area contributed by atoms with Crippen molar-refractivity contribution in [2.24, 2.45) is 4.99 Å². The maximum Gasteiger partial charge on any atom is 0.266 e. The van der Waals surface area contributed by atoms with Crippen LogP contribution in [0.15, 0.2) is 59.2 Å². The zero-order chi connectivity index (χ0) is 26.1. The van der Waals surface area contributed by atoms with Crippen molar-refractivity contribution in [2.45, 2.75) is 32.4 Å². The predicted molar refractivity (Wildman–Crippen MR) is 127 cm³/mol. The SMILES string of the molecule is CNC(=O)c1cc(C2=CN3C[C@@H](C)N=C3C(C(=O)N[C@H](C)c3cccc(C(F)F)c3F)=C2)ccc1F. The number of allylic oxidation sites excluding steroid dienone is 2. The van der Waals surface area contributed by atoms with Gasteiger partial charge in [0.2, 0.25) is 0 Å². The third-order valence-corrected chi connectivity index (χ3v) is 6.03. The van der Waals surface area contributed by atoms with Crippen molar-refractivity contribution < 1.29 is 27.2 Å². The molecule has 6 nitrogen and oxygen atoms in total. The van der Waals surface area contributed by atoms with E-state index >= 15 is 0 Å². The number of carbonyl (C=O) groups excluding carboxylic acids is 2. The largest absolute Gasteiger partial charge is 0.355 e. The number of hydrogen-bond donors (Lipinski definition) is 2. The molecule has 4 rings (SSSR count). The van der Waals surface area contributed by atoms with Crippen LogP contribution in [0.25, 0.3) is 5.57 Å². The number of aliphatic imine (C=N–C) groups is 1. The zero-order valence-corrected chi connectivity index (χ0v) is 19.8. The molecule has 0 radical (unpaired) electrons. The van der Waals surface area contributed by atoms with Crippen LogP contribution >= 0.6 is 0 Å². The van der Waals surface area contributed by atoms with E-state index in [2.05, 4.69) is 15.6 Å². The van der Waals surface area contributed by atoms with Crippen LogP contribution in [-0.2, 0) is 4.79 Å². The Hall–Kier alpha value is -3.95. The molecular weight excluding hydrogens is 476 g/mol. The molecule has 2 aliphatic rings. The molecule has 0 aromatic heterocycles. The van der Waals surface area contributed by atoms with Gasteiger partial charge in [0.1, 0.15) is 17.5 Å². The molecule has 0 spiro atoms. The molecule has 0 bridgehead atoms. The average molecular weight is 500 g/mol. The first-order valence-electron chi connectivity index (χ1n) is 11.3. The van der Waals surface area contributed by atoms with Gasteiger partial charge >= 0.3 is 0 Å². The van der Waals surface area contributed by atoms with Crippen molar-refractivity contribution in [2.75, 3.05) is 13.6 Å². The van der Waals surface area contributed by atoms with Crippen LogP contribution in [0, 0.1) is 11.6 Å². The zero-order valence-electron chi connectivity index (χ0n) is 19.8. The Kier molecular flexibility index (Phi) is 6.96. The number of alkyl halides is 2. The van der Waals surface area contributed by atoms with E-state index in [1.165, 1.54) is 44.3 Å². The average Bonchev–Trinajstić information content (AvgIpc) is 3.23. The number of amides is 2. The Labute approximate surface area is 205 Å². The second kappa shape index (κ2) is 9.96. The normalized spacial score (nSPS) is 17.7. The number of carbonyl (C=O) groups is 2. The van der Waals surface area contributed by atoms with Gasteiger partial charge in [-0.25, -0.2) is 17.6 Å². The lowest BCUT2D eigenvalue weighted by atomic mass is 9.97. The molecule has 10 heteroatoms. The first-order valence-corrected chi connectivity index (χ1v) is 11.3. The summed E-state index contributed by atoms with van der Waals surface area (Å²) in [5.41, 5.74) is 0.270. The maximum atomic E-state index is 14.6. The van der Waals surface area contributed by atoms with E-state index in [0.29, 0.717) is 23.5 Å². The van der Waals surface area contributed by atoms with Crippen molar-refractivity contribution in [1.29, 1.82) is 0 Å². The minimum Gasteiger partial charge on any atom is -0.355 e. The molecule has 0 aliphatic carbocycles. The molecule has 2 heterocycles. The van der Waals surface area contributed by atoms with Crippen molar-refractivity contribution >= 4 is 23.2 Å². The van der Waals surface area contributed by atoms with Gasteiger partial charge < -0.3 is 15.5 Å². The van der Waals surface area contributed by atoms with Crippen LogP contribution in [0.3, 0.4) is 0 Å². The van der Waals surface area contributed by atoms with Crippen molar-refractivity contribution in [3.63, 3.8) is 0 Å². The lowest BCUT2D eigenvalue weighted by molar-refractivity contribution is -0.117. The van der Waals surface area contributed by atoms with Gasteiger partial charge in [-0.1, -0.05) is 24.3 Å². The Morgan fingerprint density at radius 2 is 1.83 bits per heavy atom. The molecule has 36 heavy (non-hydrogen) atoms. The number of hydrogen-bond acceptors (Lipinski definition) is 4. The summed E-state index contributed by atoms with van der Waals surface area (Å²) < 4.78 is 55.1. The number of nitrogens with one attached hydrogen (secondary N) is 2. The van der Waals surface area contributed by atoms with Gasteiger partial charge in [0.05, 0.1) is 28.8 Å². The molecule has 2 atom stereocenters. The maximum absolute atomic E-state index is 14.6. The first kappa shape index (κ1) is 25.2. The molecule has 2 aliphatic heterocycles. The molecule has 0 saturated carbocycles. The quantitative estimate of drug-likeness (QED) is 0.573. The molecule has 188 valence electrons. The van der Waals surface area contributed by atoms with Gasteiger partial charge in [-0.15, -0.1) is 0 Å². The van der Waals surface area contributed by atoms with Gasteiger partial charge in [0.15, 0.2) is 0 Å². The number of fused-ring (bicyclic) bond motifs is 1. The summed E-state index contributed by atoms with van der Waals surface area (Å²) in [6.07, 6.45) is 0.331. The second-order valence-electron chi connectivity index (χ2n) is 8.62. The Morgan fingerprint density at radius 3 is 2.53 bits per heavy atom. The Bertz CT molecular complexity index is 1320. The molecule has 2 amide bonds. The lowest BCUT2D eigenvalue weighted by Crippen LogP contribution is -2.37. The third-order valence-electron chi connectivity index (χ3n) is 6.03. The van der Waals surface area contributed by atoms with Crippen LogP contribution in [0.4, 0.5) is 17.6 Å². The summed E-state index contributed by atoms with van der Waals surface area (Å²) in [6, 6.07) is 6.69. The van der Waals surface area contributed by atoms with Crippen molar-refractivity contribution in [3.8, 4) is 0 Å². The van der Waals surface area contributed by atoms with Gasteiger partial charge in [0.25, 0.3) is 18.2 Å². The van der Waals surface area contributed by atoms with Gasteiger partial charge in [-0.05, 0) is 43.2 Å². The predicted octanol–water partition coefficient (Wildman–Crippen LogP) is 4.52. The van der Waals surface area contributed by atoms with Crippen LogP contribution in [0.2, 0.25) is 0 Å². The highest BCUT2D eigenvalue weighted by Crippen LogP contribution is 2.31. The molecule has 0 fully saturated rings. The molecule has 0 saturated heterocycles. The van der Waals surface area contributed by atoms with E-state index in [1.54, 1.807) is 17.2 Å². The van der Waals surface area contributed by atoms with E-state index in [9.17, 15) is 27.2 Å². The Morgan fingerprint density at radius 1 is 1.11 bits per heavy atom. The highest BCUT2D eigenvalue weighted by molar-refractivity contribution is 6.24. The number of halogens is 4. The standard InChI is InChI=1S/C26H24F4N4O2/c1-13-11-34-12-16(15-7-8-21(27)19(9-15)25(35)31-3)10-20(24(34)32-13)26(36)33-14(2)17-5-4-6-18(22(17)28)23(29)30/h4-10,12-14,23H,11H2,1-3H3,(H,31,35)(H,33,36)/t13-,14-/m1/s1. The monoisotopic (exact) mass is 500 g/mol. The van der Waals surface area contributed by atoms with Crippen LogP contribution in [0.1, 0.15) is 53.4 Å².